The Labute approximate surface area is 86.5 Å². The number of benzene rings is 1. The zero-order valence-corrected chi connectivity index (χ0v) is 9.09. The maximum atomic E-state index is 3.71. The average molecular weight is 189 g/mol. The topological polar surface area (TPSA) is 12.0 Å². The van der Waals surface area contributed by atoms with E-state index in [2.05, 4.69) is 49.5 Å². The van der Waals surface area contributed by atoms with Gasteiger partial charge in [0.05, 0.1) is 0 Å². The fourth-order valence-corrected chi connectivity index (χ4v) is 2.20. The number of nitrogens with one attached hydrogen (secondary N) is 1. The van der Waals surface area contributed by atoms with Crippen molar-refractivity contribution in [2.45, 2.75) is 44.7 Å². The fourth-order valence-electron chi connectivity index (χ4n) is 2.20. The largest absolute Gasteiger partial charge is 0.305 e. The van der Waals surface area contributed by atoms with Gasteiger partial charge in [0.25, 0.3) is 0 Å². The molecule has 0 aliphatic heterocycles. The Hall–Kier alpha value is -0.820. The van der Waals surface area contributed by atoms with Crippen LogP contribution in [0.5, 0.6) is 0 Å². The van der Waals surface area contributed by atoms with E-state index in [1.807, 2.05) is 0 Å². The molecule has 76 valence electrons. The molecule has 0 radical (unpaired) electrons. The SMILES string of the molecule is CC(NC1(C)CCC1)c1ccccc1. The van der Waals surface area contributed by atoms with Gasteiger partial charge in [0, 0.05) is 11.6 Å². The van der Waals surface area contributed by atoms with E-state index in [1.54, 1.807) is 0 Å². The molecule has 1 aromatic rings. The summed E-state index contributed by atoms with van der Waals surface area (Å²) in [6.45, 7) is 4.58. The van der Waals surface area contributed by atoms with E-state index < -0.39 is 0 Å². The van der Waals surface area contributed by atoms with E-state index in [9.17, 15) is 0 Å². The minimum Gasteiger partial charge on any atom is -0.305 e. The van der Waals surface area contributed by atoms with Crippen LogP contribution in [0.1, 0.15) is 44.7 Å². The van der Waals surface area contributed by atoms with Gasteiger partial charge in [0.2, 0.25) is 0 Å². The molecule has 0 aromatic heterocycles. The van der Waals surface area contributed by atoms with Gasteiger partial charge in [0.1, 0.15) is 0 Å². The highest BCUT2D eigenvalue weighted by atomic mass is 15.0. The van der Waals surface area contributed by atoms with Crippen LogP contribution >= 0.6 is 0 Å². The van der Waals surface area contributed by atoms with E-state index in [1.165, 1.54) is 24.8 Å². The van der Waals surface area contributed by atoms with Crippen LogP contribution in [-0.2, 0) is 0 Å². The molecule has 1 fully saturated rings. The van der Waals surface area contributed by atoms with Gasteiger partial charge in [-0.3, -0.25) is 0 Å². The van der Waals surface area contributed by atoms with Crippen LogP contribution in [0.4, 0.5) is 0 Å². The van der Waals surface area contributed by atoms with Crippen molar-refractivity contribution in [2.75, 3.05) is 0 Å². The first kappa shape index (κ1) is 9.72. The van der Waals surface area contributed by atoms with Gasteiger partial charge < -0.3 is 5.32 Å². The smallest absolute Gasteiger partial charge is 0.0296 e. The maximum absolute atomic E-state index is 3.71. The van der Waals surface area contributed by atoms with Crippen molar-refractivity contribution in [1.29, 1.82) is 0 Å². The first-order valence-electron chi connectivity index (χ1n) is 5.52. The third-order valence-corrected chi connectivity index (χ3v) is 3.32. The summed E-state index contributed by atoms with van der Waals surface area (Å²) in [6.07, 6.45) is 4.03. The van der Waals surface area contributed by atoms with Crippen LogP contribution in [0.2, 0.25) is 0 Å². The highest BCUT2D eigenvalue weighted by Crippen LogP contribution is 2.33. The molecule has 1 atom stereocenters. The summed E-state index contributed by atoms with van der Waals surface area (Å²) in [4.78, 5) is 0. The van der Waals surface area contributed by atoms with Crippen LogP contribution < -0.4 is 5.32 Å². The van der Waals surface area contributed by atoms with Gasteiger partial charge >= 0.3 is 0 Å². The van der Waals surface area contributed by atoms with Gasteiger partial charge in [-0.15, -0.1) is 0 Å². The molecule has 0 saturated heterocycles. The van der Waals surface area contributed by atoms with E-state index >= 15 is 0 Å². The zero-order chi connectivity index (χ0) is 10.0. The molecule has 2 rings (SSSR count). The van der Waals surface area contributed by atoms with Crippen molar-refractivity contribution < 1.29 is 0 Å². The van der Waals surface area contributed by atoms with Crippen molar-refractivity contribution in [3.8, 4) is 0 Å². The van der Waals surface area contributed by atoms with Gasteiger partial charge in [-0.2, -0.15) is 0 Å². The predicted octanol–water partition coefficient (Wildman–Crippen LogP) is 3.28. The molecular weight excluding hydrogens is 170 g/mol. The van der Waals surface area contributed by atoms with Crippen LogP contribution in [0.15, 0.2) is 30.3 Å². The van der Waals surface area contributed by atoms with Crippen molar-refractivity contribution in [3.63, 3.8) is 0 Å². The summed E-state index contributed by atoms with van der Waals surface area (Å²) in [5, 5.41) is 3.71. The van der Waals surface area contributed by atoms with Crippen LogP contribution in [0, 0.1) is 0 Å². The predicted molar refractivity (Wildman–Crippen MR) is 60.2 cm³/mol. The van der Waals surface area contributed by atoms with Crippen LogP contribution in [0.25, 0.3) is 0 Å². The van der Waals surface area contributed by atoms with Crippen molar-refractivity contribution in [1.82, 2.24) is 5.32 Å². The lowest BCUT2D eigenvalue weighted by Gasteiger charge is -2.41. The summed E-state index contributed by atoms with van der Waals surface area (Å²) in [7, 11) is 0. The second-order valence-corrected chi connectivity index (χ2v) is 4.69. The number of hydrogen-bond acceptors (Lipinski definition) is 1. The number of hydrogen-bond donors (Lipinski definition) is 1. The summed E-state index contributed by atoms with van der Waals surface area (Å²) >= 11 is 0. The molecule has 1 saturated carbocycles. The van der Waals surface area contributed by atoms with E-state index in [-0.39, 0.29) is 0 Å². The number of rotatable bonds is 3. The van der Waals surface area contributed by atoms with Crippen molar-refractivity contribution >= 4 is 0 Å². The first-order valence-corrected chi connectivity index (χ1v) is 5.52. The lowest BCUT2D eigenvalue weighted by Crippen LogP contribution is -2.49. The zero-order valence-electron chi connectivity index (χ0n) is 9.09. The minimum absolute atomic E-state index is 0.398. The molecule has 1 aromatic carbocycles. The van der Waals surface area contributed by atoms with Gasteiger partial charge in [-0.25, -0.2) is 0 Å². The monoisotopic (exact) mass is 189 g/mol. The molecule has 0 heterocycles. The van der Waals surface area contributed by atoms with Gasteiger partial charge in [-0.1, -0.05) is 30.3 Å². The molecule has 1 N–H and O–H groups in total. The van der Waals surface area contributed by atoms with Crippen LogP contribution in [0.3, 0.4) is 0 Å². The molecule has 1 aliphatic carbocycles. The molecule has 1 heteroatoms. The van der Waals surface area contributed by atoms with Crippen molar-refractivity contribution in [2.24, 2.45) is 0 Å². The molecule has 0 bridgehead atoms. The standard InChI is InChI=1S/C13H19N/c1-11(12-7-4-3-5-8-12)14-13(2)9-6-10-13/h3-5,7-8,11,14H,6,9-10H2,1-2H3. The lowest BCUT2D eigenvalue weighted by atomic mass is 9.78. The Kier molecular flexibility index (Phi) is 2.60. The fraction of sp³-hybridized carbons (Fsp3) is 0.538. The van der Waals surface area contributed by atoms with E-state index in [0.717, 1.165) is 0 Å². The molecule has 1 aliphatic rings. The van der Waals surface area contributed by atoms with Crippen molar-refractivity contribution in [3.05, 3.63) is 35.9 Å². The molecule has 14 heavy (non-hydrogen) atoms. The van der Waals surface area contributed by atoms with Crippen LogP contribution in [-0.4, -0.2) is 5.54 Å². The Morgan fingerprint density at radius 1 is 1.21 bits per heavy atom. The average Bonchev–Trinajstić information content (AvgIpc) is 2.17. The Morgan fingerprint density at radius 2 is 1.86 bits per heavy atom. The molecule has 1 nitrogen and oxygen atoms in total. The Morgan fingerprint density at radius 3 is 2.36 bits per heavy atom. The highest BCUT2D eigenvalue weighted by molar-refractivity contribution is 5.18. The molecule has 0 spiro atoms. The molecule has 0 amide bonds. The maximum Gasteiger partial charge on any atom is 0.0296 e. The minimum atomic E-state index is 0.398. The summed E-state index contributed by atoms with van der Waals surface area (Å²) < 4.78 is 0. The molecule has 1 unspecified atom stereocenters. The Bertz CT molecular complexity index is 287. The van der Waals surface area contributed by atoms with Gasteiger partial charge in [-0.05, 0) is 38.7 Å². The van der Waals surface area contributed by atoms with E-state index in [0.29, 0.717) is 11.6 Å². The summed E-state index contributed by atoms with van der Waals surface area (Å²) in [6, 6.07) is 11.1. The third kappa shape index (κ3) is 1.98. The lowest BCUT2D eigenvalue weighted by molar-refractivity contribution is 0.190. The quantitative estimate of drug-likeness (QED) is 0.769. The molecular formula is C13H19N. The second-order valence-electron chi connectivity index (χ2n) is 4.69. The van der Waals surface area contributed by atoms with E-state index in [4.69, 9.17) is 0 Å². The first-order chi connectivity index (χ1) is 6.70. The highest BCUT2D eigenvalue weighted by Gasteiger charge is 2.32. The summed E-state index contributed by atoms with van der Waals surface area (Å²) in [5.41, 5.74) is 1.79. The van der Waals surface area contributed by atoms with Gasteiger partial charge in [0.15, 0.2) is 0 Å². The summed E-state index contributed by atoms with van der Waals surface area (Å²) in [5.74, 6) is 0. The Balaban J connectivity index is 1.99. The second kappa shape index (κ2) is 3.74. The third-order valence-electron chi connectivity index (χ3n) is 3.32. The normalized spacial score (nSPS) is 21.3.